The minimum absolute atomic E-state index is 0.255. The summed E-state index contributed by atoms with van der Waals surface area (Å²) >= 11 is 0. The number of rotatable bonds is 3. The maximum absolute atomic E-state index is 12.8. The van der Waals surface area contributed by atoms with Crippen molar-refractivity contribution in [3.63, 3.8) is 0 Å². The molecule has 1 unspecified atom stereocenters. The second kappa shape index (κ2) is 8.63. The number of hydrogen-bond acceptors (Lipinski definition) is 2. The molecule has 0 radical (unpaired) electrons. The number of amides is 1. The average molecular weight is 395 g/mol. The normalized spacial score (nSPS) is 11.9. The molecule has 1 atom stereocenters. The van der Waals surface area contributed by atoms with Crippen LogP contribution in [0.1, 0.15) is 33.7 Å². The Hall–Kier alpha value is -3.56. The van der Waals surface area contributed by atoms with Crippen molar-refractivity contribution in [2.45, 2.75) is 12.1 Å². The van der Waals surface area contributed by atoms with Gasteiger partial charge < -0.3 is 0 Å². The Labute approximate surface area is 165 Å². The lowest BCUT2D eigenvalue weighted by Gasteiger charge is -2.15. The molecule has 0 saturated carbocycles. The molecule has 0 aliphatic rings. The molecule has 0 aromatic heterocycles. The second-order valence-electron chi connectivity index (χ2n) is 6.27. The number of alkyl halides is 3. The first-order valence-corrected chi connectivity index (χ1v) is 8.66. The van der Waals surface area contributed by atoms with Crippen molar-refractivity contribution in [3.8, 4) is 11.8 Å². The highest BCUT2D eigenvalue weighted by Gasteiger charge is 2.30. The van der Waals surface area contributed by atoms with Crippen LogP contribution in [0.2, 0.25) is 0 Å². The van der Waals surface area contributed by atoms with Gasteiger partial charge in [0, 0.05) is 11.1 Å². The summed E-state index contributed by atoms with van der Waals surface area (Å²) in [4.78, 5) is 12.1. The molecule has 0 saturated heterocycles. The molecule has 6 heteroatoms. The molecule has 2 N–H and O–H groups in total. The zero-order valence-corrected chi connectivity index (χ0v) is 15.1. The van der Waals surface area contributed by atoms with E-state index in [2.05, 4.69) is 11.8 Å². The summed E-state index contributed by atoms with van der Waals surface area (Å²) in [5.41, 5.74) is 3.13. The van der Waals surface area contributed by atoms with Gasteiger partial charge >= 0.3 is 6.18 Å². The van der Waals surface area contributed by atoms with Gasteiger partial charge in [-0.2, -0.15) is 13.2 Å². The summed E-state index contributed by atoms with van der Waals surface area (Å²) in [6.07, 6.45) is -4.42. The number of carbonyl (C=O) groups excluding carboxylic acids is 1. The molecule has 146 valence electrons. The van der Waals surface area contributed by atoms with Gasteiger partial charge in [0.15, 0.2) is 0 Å². The fourth-order valence-electron chi connectivity index (χ4n) is 2.88. The number of nitrogens with one attached hydrogen (secondary N) is 1. The molecule has 0 bridgehead atoms. The van der Waals surface area contributed by atoms with Crippen LogP contribution in [0.15, 0.2) is 78.9 Å². The van der Waals surface area contributed by atoms with Gasteiger partial charge in [0.2, 0.25) is 0 Å². The Kier molecular flexibility index (Phi) is 6.01. The Bertz CT molecular complexity index is 1050. The fourth-order valence-corrected chi connectivity index (χ4v) is 2.88. The molecule has 0 aliphatic heterocycles. The molecule has 3 rings (SSSR count). The predicted molar refractivity (Wildman–Crippen MR) is 102 cm³/mol. The Balaban J connectivity index is 1.86. The molecule has 29 heavy (non-hydrogen) atoms. The zero-order chi connectivity index (χ0) is 20.9. The third-order valence-electron chi connectivity index (χ3n) is 4.29. The van der Waals surface area contributed by atoms with Crippen LogP contribution in [0, 0.1) is 11.8 Å². The first-order valence-electron chi connectivity index (χ1n) is 8.66. The summed E-state index contributed by atoms with van der Waals surface area (Å²) in [5.74, 6) is 4.27. The van der Waals surface area contributed by atoms with Crippen molar-refractivity contribution in [2.75, 3.05) is 0 Å². The van der Waals surface area contributed by atoms with Crippen LogP contribution in [0.3, 0.4) is 0 Å². The van der Waals surface area contributed by atoms with Gasteiger partial charge in [-0.15, -0.1) is 0 Å². The number of hydroxylamine groups is 1. The topological polar surface area (TPSA) is 49.3 Å². The Morgan fingerprint density at radius 1 is 0.828 bits per heavy atom. The molecule has 0 heterocycles. The summed E-state index contributed by atoms with van der Waals surface area (Å²) < 4.78 is 38.4. The lowest BCUT2D eigenvalue weighted by molar-refractivity contribution is -0.137. The van der Waals surface area contributed by atoms with Crippen molar-refractivity contribution in [2.24, 2.45) is 0 Å². The molecule has 0 spiro atoms. The van der Waals surface area contributed by atoms with Crippen molar-refractivity contribution in [3.05, 3.63) is 107 Å². The molecule has 3 nitrogen and oxygen atoms in total. The zero-order valence-electron chi connectivity index (χ0n) is 15.1. The van der Waals surface area contributed by atoms with Crippen LogP contribution in [-0.4, -0.2) is 11.1 Å². The minimum Gasteiger partial charge on any atom is -0.289 e. The van der Waals surface area contributed by atoms with E-state index in [0.717, 1.165) is 12.1 Å². The van der Waals surface area contributed by atoms with Crippen molar-refractivity contribution in [1.29, 1.82) is 0 Å². The maximum atomic E-state index is 12.8. The monoisotopic (exact) mass is 395 g/mol. The number of benzene rings is 3. The van der Waals surface area contributed by atoms with Crippen LogP contribution in [0.25, 0.3) is 0 Å². The van der Waals surface area contributed by atoms with E-state index >= 15 is 0 Å². The van der Waals surface area contributed by atoms with E-state index in [1.807, 2.05) is 6.07 Å². The third kappa shape index (κ3) is 5.03. The van der Waals surface area contributed by atoms with E-state index in [1.165, 1.54) is 12.1 Å². The molecule has 0 fully saturated rings. The first-order chi connectivity index (χ1) is 13.9. The average Bonchev–Trinajstić information content (AvgIpc) is 2.73. The van der Waals surface area contributed by atoms with E-state index in [-0.39, 0.29) is 5.56 Å². The largest absolute Gasteiger partial charge is 0.416 e. The number of carbonyl (C=O) groups is 1. The van der Waals surface area contributed by atoms with Gasteiger partial charge in [0.05, 0.1) is 11.5 Å². The van der Waals surface area contributed by atoms with E-state index in [4.69, 9.17) is 5.21 Å². The molecular formula is C23H16F3NO2. The van der Waals surface area contributed by atoms with Crippen LogP contribution in [-0.2, 0) is 11.0 Å². The minimum atomic E-state index is -4.42. The van der Waals surface area contributed by atoms with E-state index in [1.54, 1.807) is 54.0 Å². The highest BCUT2D eigenvalue weighted by molar-refractivity contribution is 5.86. The van der Waals surface area contributed by atoms with Crippen LogP contribution >= 0.6 is 0 Å². The Morgan fingerprint density at radius 2 is 1.45 bits per heavy atom. The fraction of sp³-hybridized carbons (Fsp3) is 0.0870. The number of halogens is 3. The Morgan fingerprint density at radius 3 is 2.07 bits per heavy atom. The van der Waals surface area contributed by atoms with Crippen molar-refractivity contribution >= 4 is 5.91 Å². The maximum Gasteiger partial charge on any atom is 0.416 e. The predicted octanol–water partition coefficient (Wildman–Crippen LogP) is 4.74. The van der Waals surface area contributed by atoms with E-state index < -0.39 is 23.6 Å². The third-order valence-corrected chi connectivity index (χ3v) is 4.29. The van der Waals surface area contributed by atoms with Crippen LogP contribution in [0.5, 0.6) is 0 Å². The summed E-state index contributed by atoms with van der Waals surface area (Å²) in [6.45, 7) is 0. The second-order valence-corrected chi connectivity index (χ2v) is 6.27. The smallest absolute Gasteiger partial charge is 0.289 e. The van der Waals surface area contributed by atoms with Gasteiger partial charge in [0.1, 0.15) is 0 Å². The molecular weight excluding hydrogens is 379 g/mol. The lowest BCUT2D eigenvalue weighted by atomic mass is 9.90. The summed E-state index contributed by atoms with van der Waals surface area (Å²) in [5, 5.41) is 9.07. The summed E-state index contributed by atoms with van der Waals surface area (Å²) in [6, 6.07) is 20.5. The van der Waals surface area contributed by atoms with E-state index in [9.17, 15) is 18.0 Å². The molecule has 0 aliphatic carbocycles. The van der Waals surface area contributed by atoms with Gasteiger partial charge in [0.25, 0.3) is 5.91 Å². The van der Waals surface area contributed by atoms with Crippen LogP contribution in [0.4, 0.5) is 13.2 Å². The van der Waals surface area contributed by atoms with Gasteiger partial charge in [-0.1, -0.05) is 60.4 Å². The van der Waals surface area contributed by atoms with Crippen molar-refractivity contribution < 1.29 is 23.2 Å². The van der Waals surface area contributed by atoms with Crippen molar-refractivity contribution in [1.82, 2.24) is 5.48 Å². The van der Waals surface area contributed by atoms with Gasteiger partial charge in [-0.25, -0.2) is 5.48 Å². The number of hydrogen-bond donors (Lipinski definition) is 2. The van der Waals surface area contributed by atoms with Gasteiger partial charge in [-0.3, -0.25) is 10.0 Å². The summed E-state index contributed by atoms with van der Waals surface area (Å²) in [7, 11) is 0. The SMILES string of the molecule is O=C(NO)C(c1ccccc1)c1ccc(C#Cc2cccc(C(F)(F)F)c2)cc1. The highest BCUT2D eigenvalue weighted by Crippen LogP contribution is 2.29. The standard InChI is InChI=1S/C23H16F3NO2/c24-23(25,26)20-8-4-5-17(15-20)10-9-16-11-13-19(14-12-16)21(22(28)27-29)18-6-2-1-3-7-18/h1-8,11-15,21,29H,(H,27,28). The molecule has 3 aromatic rings. The van der Waals surface area contributed by atoms with E-state index in [0.29, 0.717) is 16.7 Å². The highest BCUT2D eigenvalue weighted by atomic mass is 19.4. The van der Waals surface area contributed by atoms with Crippen LogP contribution < -0.4 is 5.48 Å². The quantitative estimate of drug-likeness (QED) is 0.382. The molecule has 3 aromatic carbocycles. The molecule has 1 amide bonds. The first kappa shape index (κ1) is 20.2. The lowest BCUT2D eigenvalue weighted by Crippen LogP contribution is -2.27. The van der Waals surface area contributed by atoms with Gasteiger partial charge in [-0.05, 0) is 41.5 Å².